The third kappa shape index (κ3) is 1.67. The van der Waals surface area contributed by atoms with E-state index in [1.54, 1.807) is 6.21 Å². The first-order chi connectivity index (χ1) is 11.6. The number of allylic oxidation sites excluding steroid dienone is 2. The molecule has 0 spiro atoms. The molecule has 2 aromatic rings. The van der Waals surface area contributed by atoms with Crippen LogP contribution in [0.15, 0.2) is 41.5 Å². The number of carbonyl (C=O) groups is 2. The molecular weight excluding hydrogens is 302 g/mol. The molecule has 5 heteroatoms. The maximum Gasteiger partial charge on any atom is 0.254 e. The zero-order valence-electron chi connectivity index (χ0n) is 13.3. The molecule has 4 atom stereocenters. The number of hydrazone groups is 1. The summed E-state index contributed by atoms with van der Waals surface area (Å²) in [5, 5.41) is 6.42. The summed E-state index contributed by atoms with van der Waals surface area (Å²) >= 11 is 0. The lowest BCUT2D eigenvalue weighted by Crippen LogP contribution is -2.28. The second kappa shape index (κ2) is 4.66. The van der Waals surface area contributed by atoms with E-state index in [9.17, 15) is 9.59 Å². The van der Waals surface area contributed by atoms with Crippen LogP contribution in [0, 0.1) is 30.6 Å². The molecule has 2 heterocycles. The maximum atomic E-state index is 12.6. The molecule has 3 aliphatic rings. The maximum absolute atomic E-state index is 12.6. The molecule has 1 aromatic heterocycles. The van der Waals surface area contributed by atoms with Crippen LogP contribution in [-0.2, 0) is 9.59 Å². The van der Waals surface area contributed by atoms with Crippen LogP contribution in [0.3, 0.4) is 0 Å². The Morgan fingerprint density at radius 3 is 2.50 bits per heavy atom. The molecule has 2 aliphatic carbocycles. The van der Waals surface area contributed by atoms with Crippen LogP contribution in [0.1, 0.15) is 17.7 Å². The van der Waals surface area contributed by atoms with Crippen molar-refractivity contribution >= 4 is 28.9 Å². The SMILES string of the molecule is Cc1[nH]c2ccccc2c1/C=N\N1C(=O)[C@@H]2[C@H](C1=O)[C@H]1C=C[C@H]2C1. The van der Waals surface area contributed by atoms with Gasteiger partial charge in [0.15, 0.2) is 0 Å². The van der Waals surface area contributed by atoms with Gasteiger partial charge in [-0.25, -0.2) is 0 Å². The van der Waals surface area contributed by atoms with E-state index in [4.69, 9.17) is 0 Å². The summed E-state index contributed by atoms with van der Waals surface area (Å²) in [5.41, 5.74) is 2.92. The molecule has 1 aromatic carbocycles. The van der Waals surface area contributed by atoms with Crippen molar-refractivity contribution in [1.82, 2.24) is 9.99 Å². The molecule has 2 amide bonds. The average Bonchev–Trinajstić information content (AvgIpc) is 3.30. The first-order valence-electron chi connectivity index (χ1n) is 8.32. The Balaban J connectivity index is 1.50. The zero-order valence-corrected chi connectivity index (χ0v) is 13.3. The standard InChI is InChI=1S/C19H17N3O2/c1-10-14(13-4-2-3-5-15(13)21-10)9-20-22-18(23)16-11-6-7-12(8-11)17(16)19(22)24/h2-7,9,11-12,16-17,21H,8H2,1H3/b20-9-/t11-,12-,16-,17+/m0/s1. The minimum atomic E-state index is -0.200. The number of aromatic amines is 1. The third-order valence-corrected chi connectivity index (χ3v) is 5.69. The third-order valence-electron chi connectivity index (χ3n) is 5.69. The molecule has 2 fully saturated rings. The van der Waals surface area contributed by atoms with Crippen LogP contribution in [0.5, 0.6) is 0 Å². The molecule has 5 nitrogen and oxygen atoms in total. The Hall–Kier alpha value is -2.69. The normalized spacial score (nSPS) is 31.1. The summed E-state index contributed by atoms with van der Waals surface area (Å²) in [6.45, 7) is 1.97. The van der Waals surface area contributed by atoms with Gasteiger partial charge in [-0.3, -0.25) is 9.59 Å². The predicted molar refractivity (Wildman–Crippen MR) is 90.2 cm³/mol. The first kappa shape index (κ1) is 13.7. The number of benzene rings is 1. The molecule has 120 valence electrons. The van der Waals surface area contributed by atoms with Gasteiger partial charge in [-0.05, 0) is 31.2 Å². The zero-order chi connectivity index (χ0) is 16.4. The van der Waals surface area contributed by atoms with E-state index >= 15 is 0 Å². The van der Waals surface area contributed by atoms with Crippen LogP contribution in [0.4, 0.5) is 0 Å². The topological polar surface area (TPSA) is 65.5 Å². The summed E-state index contributed by atoms with van der Waals surface area (Å²) < 4.78 is 0. The smallest absolute Gasteiger partial charge is 0.254 e. The number of H-pyrrole nitrogens is 1. The molecule has 0 unspecified atom stereocenters. The number of rotatable bonds is 2. The number of aryl methyl sites for hydroxylation is 1. The molecular formula is C19H17N3O2. The van der Waals surface area contributed by atoms with Gasteiger partial charge >= 0.3 is 0 Å². The van der Waals surface area contributed by atoms with E-state index in [2.05, 4.69) is 22.2 Å². The predicted octanol–water partition coefficient (Wildman–Crippen LogP) is 2.62. The minimum Gasteiger partial charge on any atom is -0.358 e. The highest BCUT2D eigenvalue weighted by molar-refractivity contribution is 6.08. The van der Waals surface area contributed by atoms with Gasteiger partial charge in [0, 0.05) is 22.2 Å². The lowest BCUT2D eigenvalue weighted by atomic mass is 9.85. The van der Waals surface area contributed by atoms with E-state index in [1.807, 2.05) is 31.2 Å². The fourth-order valence-electron chi connectivity index (χ4n) is 4.58. The molecule has 0 radical (unpaired) electrons. The second-order valence-electron chi connectivity index (χ2n) is 6.94. The number of hydrogen-bond acceptors (Lipinski definition) is 3. The molecule has 2 bridgehead atoms. The number of nitrogens with one attached hydrogen (secondary N) is 1. The lowest BCUT2D eigenvalue weighted by molar-refractivity contribution is -0.140. The number of aromatic nitrogens is 1. The molecule has 5 rings (SSSR count). The van der Waals surface area contributed by atoms with Crippen molar-refractivity contribution in [2.75, 3.05) is 0 Å². The van der Waals surface area contributed by atoms with Crippen molar-refractivity contribution in [3.63, 3.8) is 0 Å². The number of carbonyl (C=O) groups excluding carboxylic acids is 2. The quantitative estimate of drug-likeness (QED) is 0.525. The number of para-hydroxylation sites is 1. The molecule has 1 saturated carbocycles. The van der Waals surface area contributed by atoms with Crippen molar-refractivity contribution in [1.29, 1.82) is 0 Å². The average molecular weight is 319 g/mol. The van der Waals surface area contributed by atoms with Gasteiger partial charge in [-0.15, -0.1) is 0 Å². The van der Waals surface area contributed by atoms with Gasteiger partial charge in [0.2, 0.25) is 0 Å². The highest BCUT2D eigenvalue weighted by atomic mass is 16.2. The van der Waals surface area contributed by atoms with Crippen LogP contribution < -0.4 is 0 Å². The van der Waals surface area contributed by atoms with Crippen LogP contribution in [0.2, 0.25) is 0 Å². The van der Waals surface area contributed by atoms with E-state index in [-0.39, 0.29) is 35.5 Å². The Bertz CT molecular complexity index is 909. The van der Waals surface area contributed by atoms with E-state index in [0.717, 1.165) is 33.6 Å². The number of fused-ring (bicyclic) bond motifs is 6. The van der Waals surface area contributed by atoms with Crippen molar-refractivity contribution < 1.29 is 9.59 Å². The van der Waals surface area contributed by atoms with Gasteiger partial charge in [0.05, 0.1) is 18.1 Å². The van der Waals surface area contributed by atoms with Crippen molar-refractivity contribution in [3.8, 4) is 0 Å². The van der Waals surface area contributed by atoms with Crippen LogP contribution in [0.25, 0.3) is 10.9 Å². The molecule has 24 heavy (non-hydrogen) atoms. The van der Waals surface area contributed by atoms with Gasteiger partial charge in [0.25, 0.3) is 11.8 Å². The Kier molecular flexibility index (Phi) is 2.66. The lowest BCUT2D eigenvalue weighted by Gasteiger charge is -2.13. The molecule has 1 aliphatic heterocycles. The van der Waals surface area contributed by atoms with Crippen molar-refractivity contribution in [2.45, 2.75) is 13.3 Å². The van der Waals surface area contributed by atoms with Crippen molar-refractivity contribution in [3.05, 3.63) is 47.7 Å². The van der Waals surface area contributed by atoms with Crippen LogP contribution >= 0.6 is 0 Å². The van der Waals surface area contributed by atoms with Gasteiger partial charge < -0.3 is 4.98 Å². The van der Waals surface area contributed by atoms with Gasteiger partial charge in [0.1, 0.15) is 0 Å². The summed E-state index contributed by atoms with van der Waals surface area (Å²) in [7, 11) is 0. The summed E-state index contributed by atoms with van der Waals surface area (Å²) in [6.07, 6.45) is 6.76. The van der Waals surface area contributed by atoms with E-state index < -0.39 is 0 Å². The number of nitrogens with zero attached hydrogens (tertiary/aromatic N) is 2. The highest BCUT2D eigenvalue weighted by Crippen LogP contribution is 2.52. The first-order valence-corrected chi connectivity index (χ1v) is 8.32. The summed E-state index contributed by atoms with van der Waals surface area (Å²) in [4.78, 5) is 28.6. The molecule has 1 N–H and O–H groups in total. The second-order valence-corrected chi connectivity index (χ2v) is 6.94. The van der Waals surface area contributed by atoms with Gasteiger partial charge in [-0.2, -0.15) is 10.1 Å². The van der Waals surface area contributed by atoms with Crippen molar-refractivity contribution in [2.24, 2.45) is 28.8 Å². The Morgan fingerprint density at radius 1 is 1.12 bits per heavy atom. The fourth-order valence-corrected chi connectivity index (χ4v) is 4.58. The number of amides is 2. The highest BCUT2D eigenvalue weighted by Gasteiger charge is 2.59. The largest absolute Gasteiger partial charge is 0.358 e. The summed E-state index contributed by atoms with van der Waals surface area (Å²) in [5.74, 6) is -0.258. The Labute approximate surface area is 139 Å². The monoisotopic (exact) mass is 319 g/mol. The molecule has 1 saturated heterocycles. The Morgan fingerprint density at radius 2 is 1.79 bits per heavy atom. The number of hydrogen-bond donors (Lipinski definition) is 1. The fraction of sp³-hybridized carbons (Fsp3) is 0.316. The van der Waals surface area contributed by atoms with E-state index in [1.165, 1.54) is 0 Å². The van der Waals surface area contributed by atoms with Gasteiger partial charge in [-0.1, -0.05) is 30.4 Å². The summed E-state index contributed by atoms with van der Waals surface area (Å²) in [6, 6.07) is 7.94. The number of imide groups is 1. The minimum absolute atomic E-state index is 0.143. The van der Waals surface area contributed by atoms with E-state index in [0.29, 0.717) is 0 Å². The van der Waals surface area contributed by atoms with Crippen LogP contribution in [-0.4, -0.2) is 28.0 Å².